The number of primary amides is 2. The molecule has 2 amide bonds. The van der Waals surface area contributed by atoms with Crippen LogP contribution in [-0.2, 0) is 4.79 Å². The number of rotatable bonds is 4. The molecule has 0 aromatic heterocycles. The van der Waals surface area contributed by atoms with Gasteiger partial charge in [-0.3, -0.25) is 9.59 Å². The van der Waals surface area contributed by atoms with Crippen molar-refractivity contribution in [3.63, 3.8) is 0 Å². The van der Waals surface area contributed by atoms with Gasteiger partial charge < -0.3 is 21.9 Å². The van der Waals surface area contributed by atoms with Crippen LogP contribution in [0, 0.1) is 0 Å². The number of carbonyl (C=O) groups is 2. The molecule has 6 N–H and O–H groups in total. The molecule has 86 valence electrons. The first-order chi connectivity index (χ1) is 7.41. The molecule has 0 spiro atoms. The number of hydrogen-bond acceptors (Lipinski definition) is 4. The highest BCUT2D eigenvalue weighted by molar-refractivity contribution is 5.96. The summed E-state index contributed by atoms with van der Waals surface area (Å²) in [5, 5.41) is 0. The summed E-state index contributed by atoms with van der Waals surface area (Å²) in [5.74, 6) is -1.15. The standard InChI is InChI=1S/C10H13N3O3/c1-5(9(12)14)16-8-4-6(11)2-3-7(8)10(13)15/h2-5H,11H2,1H3,(H2,12,14)(H2,13,15). The van der Waals surface area contributed by atoms with Crippen LogP contribution in [0.1, 0.15) is 17.3 Å². The van der Waals surface area contributed by atoms with Gasteiger partial charge in [0, 0.05) is 11.8 Å². The molecular weight excluding hydrogens is 210 g/mol. The molecule has 0 bridgehead atoms. The first-order valence-electron chi connectivity index (χ1n) is 4.57. The first-order valence-corrected chi connectivity index (χ1v) is 4.57. The Balaban J connectivity index is 3.05. The van der Waals surface area contributed by atoms with Crippen molar-refractivity contribution in [2.45, 2.75) is 13.0 Å². The van der Waals surface area contributed by atoms with Gasteiger partial charge in [0.15, 0.2) is 6.10 Å². The normalized spacial score (nSPS) is 11.8. The molecule has 0 aliphatic heterocycles. The van der Waals surface area contributed by atoms with E-state index in [1.165, 1.54) is 25.1 Å². The van der Waals surface area contributed by atoms with E-state index in [1.807, 2.05) is 0 Å². The van der Waals surface area contributed by atoms with Gasteiger partial charge in [-0.15, -0.1) is 0 Å². The molecule has 1 unspecified atom stereocenters. The molecule has 0 aliphatic rings. The molecule has 0 saturated carbocycles. The number of nitrogen functional groups attached to an aromatic ring is 1. The minimum absolute atomic E-state index is 0.152. The molecule has 6 nitrogen and oxygen atoms in total. The number of benzene rings is 1. The summed E-state index contributed by atoms with van der Waals surface area (Å²) in [5.41, 5.74) is 16.3. The first kappa shape index (κ1) is 11.8. The Bertz CT molecular complexity index is 431. The predicted octanol–water partition coefficient (Wildman–Crippen LogP) is -0.380. The van der Waals surface area contributed by atoms with Gasteiger partial charge in [-0.2, -0.15) is 0 Å². The van der Waals surface area contributed by atoms with Crippen LogP contribution in [0.2, 0.25) is 0 Å². The fourth-order valence-electron chi connectivity index (χ4n) is 1.09. The lowest BCUT2D eigenvalue weighted by Crippen LogP contribution is -2.31. The highest BCUT2D eigenvalue weighted by Gasteiger charge is 2.15. The van der Waals surface area contributed by atoms with Crippen LogP contribution in [-0.4, -0.2) is 17.9 Å². The minimum Gasteiger partial charge on any atom is -0.480 e. The largest absolute Gasteiger partial charge is 0.480 e. The van der Waals surface area contributed by atoms with E-state index in [1.54, 1.807) is 0 Å². The minimum atomic E-state index is -0.861. The molecule has 1 atom stereocenters. The van der Waals surface area contributed by atoms with Crippen molar-refractivity contribution >= 4 is 17.5 Å². The predicted molar refractivity (Wildman–Crippen MR) is 58.7 cm³/mol. The fourth-order valence-corrected chi connectivity index (χ4v) is 1.09. The maximum absolute atomic E-state index is 11.1. The van der Waals surface area contributed by atoms with Crippen LogP contribution in [0.5, 0.6) is 5.75 Å². The van der Waals surface area contributed by atoms with Crippen molar-refractivity contribution in [2.75, 3.05) is 5.73 Å². The summed E-state index contributed by atoms with van der Waals surface area (Å²) in [6.07, 6.45) is -0.861. The number of ether oxygens (including phenoxy) is 1. The van der Waals surface area contributed by atoms with Crippen LogP contribution in [0.15, 0.2) is 18.2 Å². The molecule has 0 saturated heterocycles. The van der Waals surface area contributed by atoms with Crippen molar-refractivity contribution < 1.29 is 14.3 Å². The Kier molecular flexibility index (Phi) is 3.34. The second kappa shape index (κ2) is 4.52. The molecule has 16 heavy (non-hydrogen) atoms. The van der Waals surface area contributed by atoms with Gasteiger partial charge in [-0.25, -0.2) is 0 Å². The molecule has 0 radical (unpaired) electrons. The summed E-state index contributed by atoms with van der Waals surface area (Å²) in [6, 6.07) is 4.36. The lowest BCUT2D eigenvalue weighted by atomic mass is 10.1. The van der Waals surface area contributed by atoms with Crippen LogP contribution in [0.4, 0.5) is 5.69 Å². The van der Waals surface area contributed by atoms with E-state index in [0.717, 1.165) is 0 Å². The van der Waals surface area contributed by atoms with Gasteiger partial charge in [-0.1, -0.05) is 0 Å². The topological polar surface area (TPSA) is 121 Å². The van der Waals surface area contributed by atoms with Crippen molar-refractivity contribution in [1.82, 2.24) is 0 Å². The molecule has 0 heterocycles. The fraction of sp³-hybridized carbons (Fsp3) is 0.200. The van der Waals surface area contributed by atoms with Crippen LogP contribution in [0.3, 0.4) is 0 Å². The maximum Gasteiger partial charge on any atom is 0.258 e. The Hall–Kier alpha value is -2.24. The third-order valence-corrected chi connectivity index (χ3v) is 1.98. The number of amides is 2. The Morgan fingerprint density at radius 3 is 2.44 bits per heavy atom. The van der Waals surface area contributed by atoms with E-state index in [2.05, 4.69) is 0 Å². The second-order valence-corrected chi connectivity index (χ2v) is 3.28. The van der Waals surface area contributed by atoms with Crippen molar-refractivity contribution in [3.05, 3.63) is 23.8 Å². The summed E-state index contributed by atoms with van der Waals surface area (Å²) < 4.78 is 5.19. The number of anilines is 1. The van der Waals surface area contributed by atoms with Gasteiger partial charge >= 0.3 is 0 Å². The van der Waals surface area contributed by atoms with E-state index in [0.29, 0.717) is 5.69 Å². The highest BCUT2D eigenvalue weighted by Crippen LogP contribution is 2.22. The summed E-state index contributed by atoms with van der Waals surface area (Å²) in [4.78, 5) is 21.9. The third kappa shape index (κ3) is 2.63. The number of nitrogens with two attached hydrogens (primary N) is 3. The number of carbonyl (C=O) groups excluding carboxylic acids is 2. The second-order valence-electron chi connectivity index (χ2n) is 3.28. The van der Waals surface area contributed by atoms with Gasteiger partial charge in [0.05, 0.1) is 5.56 Å². The molecule has 1 rings (SSSR count). The third-order valence-electron chi connectivity index (χ3n) is 1.98. The average Bonchev–Trinajstić information content (AvgIpc) is 2.16. The smallest absolute Gasteiger partial charge is 0.258 e. The molecule has 0 aliphatic carbocycles. The molecule has 6 heteroatoms. The highest BCUT2D eigenvalue weighted by atomic mass is 16.5. The lowest BCUT2D eigenvalue weighted by Gasteiger charge is -2.14. The van der Waals surface area contributed by atoms with E-state index >= 15 is 0 Å². The van der Waals surface area contributed by atoms with Crippen LogP contribution in [0.25, 0.3) is 0 Å². The maximum atomic E-state index is 11.1. The Labute approximate surface area is 92.3 Å². The molecule has 1 aromatic rings. The Morgan fingerprint density at radius 2 is 1.94 bits per heavy atom. The van der Waals surface area contributed by atoms with Crippen LogP contribution < -0.4 is 21.9 Å². The zero-order chi connectivity index (χ0) is 12.3. The lowest BCUT2D eigenvalue weighted by molar-refractivity contribution is -0.124. The molecule has 1 aromatic carbocycles. The van der Waals surface area contributed by atoms with E-state index in [-0.39, 0.29) is 11.3 Å². The number of hydrogen-bond donors (Lipinski definition) is 3. The SMILES string of the molecule is CC(Oc1cc(N)ccc1C(N)=O)C(N)=O. The quantitative estimate of drug-likeness (QED) is 0.602. The summed E-state index contributed by atoms with van der Waals surface area (Å²) in [6.45, 7) is 1.47. The van der Waals surface area contributed by atoms with E-state index in [4.69, 9.17) is 21.9 Å². The van der Waals surface area contributed by atoms with Crippen molar-refractivity contribution in [3.8, 4) is 5.75 Å². The zero-order valence-corrected chi connectivity index (χ0v) is 8.77. The summed E-state index contributed by atoms with van der Waals surface area (Å²) in [7, 11) is 0. The van der Waals surface area contributed by atoms with Crippen molar-refractivity contribution in [2.24, 2.45) is 11.5 Å². The molecule has 0 fully saturated rings. The van der Waals surface area contributed by atoms with Gasteiger partial charge in [0.1, 0.15) is 5.75 Å². The zero-order valence-electron chi connectivity index (χ0n) is 8.77. The van der Waals surface area contributed by atoms with Gasteiger partial charge in [0.25, 0.3) is 11.8 Å². The van der Waals surface area contributed by atoms with E-state index in [9.17, 15) is 9.59 Å². The van der Waals surface area contributed by atoms with Crippen molar-refractivity contribution in [1.29, 1.82) is 0 Å². The van der Waals surface area contributed by atoms with Gasteiger partial charge in [0.2, 0.25) is 0 Å². The molecular formula is C10H13N3O3. The average molecular weight is 223 g/mol. The monoisotopic (exact) mass is 223 g/mol. The van der Waals surface area contributed by atoms with Gasteiger partial charge in [-0.05, 0) is 19.1 Å². The summed E-state index contributed by atoms with van der Waals surface area (Å²) >= 11 is 0. The van der Waals surface area contributed by atoms with E-state index < -0.39 is 17.9 Å². The van der Waals surface area contributed by atoms with Crippen LogP contribution >= 0.6 is 0 Å². The Morgan fingerprint density at radius 1 is 1.31 bits per heavy atom.